The van der Waals surface area contributed by atoms with E-state index in [1.165, 1.54) is 6.33 Å². The predicted molar refractivity (Wildman–Crippen MR) is 75.0 cm³/mol. The smallest absolute Gasteiger partial charge is 0.138 e. The van der Waals surface area contributed by atoms with E-state index in [1.807, 2.05) is 22.9 Å². The van der Waals surface area contributed by atoms with Crippen molar-refractivity contribution in [2.24, 2.45) is 5.92 Å². The fraction of sp³-hybridized carbons (Fsp3) is 0.429. The molecule has 1 aromatic carbocycles. The molecule has 4 nitrogen and oxygen atoms in total. The lowest BCUT2D eigenvalue weighted by atomic mass is 10.1. The van der Waals surface area contributed by atoms with E-state index in [-0.39, 0.29) is 0 Å². The number of aliphatic hydroxyl groups is 1. The van der Waals surface area contributed by atoms with Crippen LogP contribution in [0.5, 0.6) is 0 Å². The van der Waals surface area contributed by atoms with Gasteiger partial charge in [-0.1, -0.05) is 43.6 Å². The van der Waals surface area contributed by atoms with E-state index >= 15 is 0 Å². The molecule has 1 aromatic heterocycles. The summed E-state index contributed by atoms with van der Waals surface area (Å²) in [6.45, 7) is 5.04. The van der Waals surface area contributed by atoms with Crippen LogP contribution < -0.4 is 0 Å². The van der Waals surface area contributed by atoms with Crippen molar-refractivity contribution >= 4 is 11.6 Å². The molecule has 0 aliphatic carbocycles. The second-order valence-electron chi connectivity index (χ2n) is 4.99. The molecular weight excluding hydrogens is 262 g/mol. The van der Waals surface area contributed by atoms with Crippen molar-refractivity contribution in [2.45, 2.75) is 32.9 Å². The van der Waals surface area contributed by atoms with Crippen molar-refractivity contribution in [1.82, 2.24) is 14.8 Å². The summed E-state index contributed by atoms with van der Waals surface area (Å²) in [5.74, 6) is 1.26. The van der Waals surface area contributed by atoms with Gasteiger partial charge in [-0.15, -0.1) is 0 Å². The molecule has 0 aliphatic rings. The highest BCUT2D eigenvalue weighted by molar-refractivity contribution is 6.31. The first-order chi connectivity index (χ1) is 9.08. The van der Waals surface area contributed by atoms with Crippen molar-refractivity contribution in [3.05, 3.63) is 47.0 Å². The molecule has 1 atom stereocenters. The maximum atomic E-state index is 10.3. The molecule has 5 heteroatoms. The molecule has 19 heavy (non-hydrogen) atoms. The Bertz CT molecular complexity index is 539. The average Bonchev–Trinajstić information content (AvgIpc) is 2.76. The number of nitrogens with zero attached hydrogens (tertiary/aromatic N) is 3. The minimum atomic E-state index is -0.663. The van der Waals surface area contributed by atoms with Crippen LogP contribution in [0.4, 0.5) is 0 Å². The minimum Gasteiger partial charge on any atom is -0.388 e. The average molecular weight is 280 g/mol. The number of halogens is 1. The molecule has 1 heterocycles. The van der Waals surface area contributed by atoms with Crippen LogP contribution in [-0.2, 0) is 13.0 Å². The van der Waals surface area contributed by atoms with E-state index in [4.69, 9.17) is 11.6 Å². The second kappa shape index (κ2) is 6.17. The van der Waals surface area contributed by atoms with Crippen LogP contribution in [-0.4, -0.2) is 19.9 Å². The van der Waals surface area contributed by atoms with Crippen molar-refractivity contribution in [2.75, 3.05) is 0 Å². The van der Waals surface area contributed by atoms with Crippen LogP contribution >= 0.6 is 11.6 Å². The lowest BCUT2D eigenvalue weighted by Gasteiger charge is -2.13. The summed E-state index contributed by atoms with van der Waals surface area (Å²) in [5, 5.41) is 15.0. The second-order valence-corrected chi connectivity index (χ2v) is 5.40. The van der Waals surface area contributed by atoms with E-state index in [0.29, 0.717) is 17.4 Å². The lowest BCUT2D eigenvalue weighted by Crippen LogP contribution is -2.13. The van der Waals surface area contributed by atoms with Gasteiger partial charge in [-0.05, 0) is 17.5 Å². The molecule has 0 saturated carbocycles. The van der Waals surface area contributed by atoms with Crippen LogP contribution in [0.3, 0.4) is 0 Å². The van der Waals surface area contributed by atoms with Gasteiger partial charge in [0.1, 0.15) is 12.2 Å². The van der Waals surface area contributed by atoms with Gasteiger partial charge in [-0.3, -0.25) is 0 Å². The molecule has 0 saturated heterocycles. The van der Waals surface area contributed by atoms with Crippen LogP contribution in [0.1, 0.15) is 31.3 Å². The third-order valence-corrected chi connectivity index (χ3v) is 3.22. The number of benzene rings is 1. The molecule has 102 valence electrons. The van der Waals surface area contributed by atoms with Gasteiger partial charge in [0, 0.05) is 18.0 Å². The Morgan fingerprint density at radius 2 is 2.05 bits per heavy atom. The molecule has 2 aromatic rings. The summed E-state index contributed by atoms with van der Waals surface area (Å²) in [5.41, 5.74) is 0.725. The van der Waals surface area contributed by atoms with Gasteiger partial charge in [-0.25, -0.2) is 9.67 Å². The van der Waals surface area contributed by atoms with E-state index in [9.17, 15) is 5.11 Å². The standard InChI is InChI=1S/C14H18ClN3O/c1-10(2)8-18-14(16-9-17-18)7-13(19)11-5-3-4-6-12(11)15/h3-6,9-10,13,19H,7-8H2,1-2H3. The zero-order valence-corrected chi connectivity index (χ0v) is 11.9. The Kier molecular flexibility index (Phi) is 4.56. The SMILES string of the molecule is CC(C)Cn1ncnc1CC(O)c1ccccc1Cl. The number of aliphatic hydroxyl groups excluding tert-OH is 1. The fourth-order valence-corrected chi connectivity index (χ4v) is 2.23. The Morgan fingerprint density at radius 1 is 1.32 bits per heavy atom. The minimum absolute atomic E-state index is 0.413. The van der Waals surface area contributed by atoms with Crippen molar-refractivity contribution < 1.29 is 5.11 Å². The zero-order chi connectivity index (χ0) is 13.8. The number of hydrogen-bond acceptors (Lipinski definition) is 3. The Labute approximate surface area is 118 Å². The Balaban J connectivity index is 2.13. The number of aromatic nitrogens is 3. The Morgan fingerprint density at radius 3 is 2.74 bits per heavy atom. The van der Waals surface area contributed by atoms with Crippen LogP contribution in [0.2, 0.25) is 5.02 Å². The van der Waals surface area contributed by atoms with Crippen LogP contribution in [0, 0.1) is 5.92 Å². The summed E-state index contributed by atoms with van der Waals surface area (Å²) in [6.07, 6.45) is 1.27. The first-order valence-electron chi connectivity index (χ1n) is 6.37. The van der Waals surface area contributed by atoms with Gasteiger partial charge in [0.05, 0.1) is 6.10 Å². The van der Waals surface area contributed by atoms with E-state index in [0.717, 1.165) is 17.9 Å². The molecule has 1 unspecified atom stereocenters. The van der Waals surface area contributed by atoms with E-state index < -0.39 is 6.10 Å². The van der Waals surface area contributed by atoms with Crippen molar-refractivity contribution in [3.8, 4) is 0 Å². The molecule has 0 amide bonds. The van der Waals surface area contributed by atoms with Gasteiger partial charge in [0.2, 0.25) is 0 Å². The molecule has 0 spiro atoms. The predicted octanol–water partition coefficient (Wildman–Crippen LogP) is 2.86. The fourth-order valence-electron chi connectivity index (χ4n) is 1.97. The zero-order valence-electron chi connectivity index (χ0n) is 11.1. The molecule has 0 fully saturated rings. The van der Waals surface area contributed by atoms with Crippen LogP contribution in [0.25, 0.3) is 0 Å². The van der Waals surface area contributed by atoms with Crippen molar-refractivity contribution in [3.63, 3.8) is 0 Å². The largest absolute Gasteiger partial charge is 0.388 e. The number of rotatable bonds is 5. The third kappa shape index (κ3) is 3.55. The maximum absolute atomic E-state index is 10.3. The molecular formula is C14H18ClN3O. The maximum Gasteiger partial charge on any atom is 0.138 e. The van der Waals surface area contributed by atoms with E-state index in [1.54, 1.807) is 6.07 Å². The summed E-state index contributed by atoms with van der Waals surface area (Å²) in [6, 6.07) is 7.32. The summed E-state index contributed by atoms with van der Waals surface area (Å²) >= 11 is 6.08. The molecule has 2 rings (SSSR count). The highest BCUT2D eigenvalue weighted by atomic mass is 35.5. The van der Waals surface area contributed by atoms with Gasteiger partial charge < -0.3 is 5.11 Å². The third-order valence-electron chi connectivity index (χ3n) is 2.87. The summed E-state index contributed by atoms with van der Waals surface area (Å²) in [7, 11) is 0. The normalized spacial score (nSPS) is 12.9. The molecule has 1 N–H and O–H groups in total. The highest BCUT2D eigenvalue weighted by Gasteiger charge is 2.15. The first kappa shape index (κ1) is 14.0. The molecule has 0 bridgehead atoms. The topological polar surface area (TPSA) is 50.9 Å². The lowest BCUT2D eigenvalue weighted by molar-refractivity contribution is 0.173. The van der Waals surface area contributed by atoms with Gasteiger partial charge in [0.15, 0.2) is 0 Å². The van der Waals surface area contributed by atoms with Gasteiger partial charge in [-0.2, -0.15) is 5.10 Å². The number of hydrogen-bond donors (Lipinski definition) is 1. The monoisotopic (exact) mass is 279 g/mol. The van der Waals surface area contributed by atoms with Crippen LogP contribution in [0.15, 0.2) is 30.6 Å². The van der Waals surface area contributed by atoms with E-state index in [2.05, 4.69) is 23.9 Å². The van der Waals surface area contributed by atoms with Gasteiger partial charge in [0.25, 0.3) is 0 Å². The molecule has 0 aliphatic heterocycles. The van der Waals surface area contributed by atoms with Crippen molar-refractivity contribution in [1.29, 1.82) is 0 Å². The Hall–Kier alpha value is -1.39. The summed E-state index contributed by atoms with van der Waals surface area (Å²) < 4.78 is 1.84. The summed E-state index contributed by atoms with van der Waals surface area (Å²) in [4.78, 5) is 4.21. The first-order valence-corrected chi connectivity index (χ1v) is 6.75. The molecule has 0 radical (unpaired) electrons. The quantitative estimate of drug-likeness (QED) is 0.916. The van der Waals surface area contributed by atoms with Gasteiger partial charge >= 0.3 is 0 Å². The highest BCUT2D eigenvalue weighted by Crippen LogP contribution is 2.24.